The molecule has 0 N–H and O–H groups in total. The summed E-state index contributed by atoms with van der Waals surface area (Å²) in [5.74, 6) is -0.880. The van der Waals surface area contributed by atoms with Gasteiger partial charge in [0.05, 0.1) is 17.7 Å². The summed E-state index contributed by atoms with van der Waals surface area (Å²) in [7, 11) is -3.25. The minimum atomic E-state index is -3.25. The van der Waals surface area contributed by atoms with Crippen molar-refractivity contribution in [3.8, 4) is 0 Å². The van der Waals surface area contributed by atoms with Crippen LogP contribution in [0.2, 0.25) is 0 Å². The molecule has 0 aliphatic carbocycles. The number of amides is 2. The first-order chi connectivity index (χ1) is 9.52. The van der Waals surface area contributed by atoms with E-state index in [9.17, 15) is 14.2 Å². The highest BCUT2D eigenvalue weighted by Crippen LogP contribution is 2.47. The summed E-state index contributed by atoms with van der Waals surface area (Å²) in [4.78, 5) is 25.1. The van der Waals surface area contributed by atoms with Crippen LogP contribution in [0.25, 0.3) is 0 Å². The predicted octanol–water partition coefficient (Wildman–Crippen LogP) is 2.51. The zero-order chi connectivity index (χ0) is 14.8. The van der Waals surface area contributed by atoms with E-state index in [1.807, 2.05) is 0 Å². The Labute approximate surface area is 117 Å². The number of nitrogens with zero attached hydrogens (tertiary/aromatic N) is 1. The summed E-state index contributed by atoms with van der Waals surface area (Å²) >= 11 is 0. The van der Waals surface area contributed by atoms with Crippen molar-refractivity contribution in [2.24, 2.45) is 0 Å². The van der Waals surface area contributed by atoms with Crippen LogP contribution in [-0.2, 0) is 13.6 Å². The lowest BCUT2D eigenvalue weighted by Crippen LogP contribution is -2.31. The topological polar surface area (TPSA) is 72.9 Å². The van der Waals surface area contributed by atoms with Crippen LogP contribution in [0.15, 0.2) is 24.3 Å². The SMILES string of the molecule is CCOP(=O)(CC)OCN1C(=O)c2ccccc2C1=O. The zero-order valence-corrected chi connectivity index (χ0v) is 12.3. The molecule has 1 aliphatic rings. The average molecular weight is 297 g/mol. The molecule has 2 rings (SSSR count). The van der Waals surface area contributed by atoms with Gasteiger partial charge in [-0.3, -0.25) is 18.7 Å². The average Bonchev–Trinajstić information content (AvgIpc) is 2.70. The Bertz CT molecular complexity index is 551. The van der Waals surface area contributed by atoms with Gasteiger partial charge in [-0.25, -0.2) is 4.90 Å². The van der Waals surface area contributed by atoms with E-state index in [0.29, 0.717) is 11.1 Å². The molecule has 6 nitrogen and oxygen atoms in total. The number of hydrogen-bond donors (Lipinski definition) is 0. The number of imide groups is 1. The van der Waals surface area contributed by atoms with Gasteiger partial charge in [0.15, 0.2) is 0 Å². The van der Waals surface area contributed by atoms with E-state index >= 15 is 0 Å². The van der Waals surface area contributed by atoms with Crippen molar-refractivity contribution in [3.63, 3.8) is 0 Å². The standard InChI is InChI=1S/C13H16NO5P/c1-3-18-20(17,4-2)19-9-14-12(15)10-7-5-6-8-11(10)13(14)16/h5-8H,3-4,9H2,1-2H3. The molecular formula is C13H16NO5P. The molecule has 7 heteroatoms. The first kappa shape index (κ1) is 14.9. The third kappa shape index (κ3) is 2.68. The third-order valence-corrected chi connectivity index (χ3v) is 4.91. The quantitative estimate of drug-likeness (QED) is 0.596. The first-order valence-corrected chi connectivity index (χ1v) is 8.08. The number of rotatable bonds is 6. The van der Waals surface area contributed by atoms with Crippen LogP contribution < -0.4 is 0 Å². The van der Waals surface area contributed by atoms with E-state index in [0.717, 1.165) is 4.90 Å². The Hall–Kier alpha value is -1.49. The van der Waals surface area contributed by atoms with E-state index in [1.54, 1.807) is 38.1 Å². The molecule has 1 aromatic rings. The smallest absolute Gasteiger partial charge is 0.309 e. The summed E-state index contributed by atoms with van der Waals surface area (Å²) in [5.41, 5.74) is 0.674. The van der Waals surface area contributed by atoms with E-state index < -0.39 is 19.4 Å². The molecule has 108 valence electrons. The normalized spacial score (nSPS) is 17.2. The molecule has 2 amide bonds. The van der Waals surface area contributed by atoms with Gasteiger partial charge in [-0.05, 0) is 19.1 Å². The van der Waals surface area contributed by atoms with Crippen LogP contribution in [0, 0.1) is 0 Å². The highest BCUT2D eigenvalue weighted by molar-refractivity contribution is 7.53. The van der Waals surface area contributed by atoms with Crippen LogP contribution in [-0.4, -0.2) is 36.2 Å². The van der Waals surface area contributed by atoms with E-state index in [-0.39, 0.29) is 19.5 Å². The van der Waals surface area contributed by atoms with Gasteiger partial charge in [-0.15, -0.1) is 0 Å². The van der Waals surface area contributed by atoms with Crippen molar-refractivity contribution >= 4 is 19.4 Å². The molecule has 20 heavy (non-hydrogen) atoms. The van der Waals surface area contributed by atoms with E-state index in [4.69, 9.17) is 9.05 Å². The fourth-order valence-electron chi connectivity index (χ4n) is 1.92. The van der Waals surface area contributed by atoms with Crippen molar-refractivity contribution in [1.29, 1.82) is 0 Å². The summed E-state index contributed by atoms with van der Waals surface area (Å²) < 4.78 is 22.4. The van der Waals surface area contributed by atoms with Gasteiger partial charge < -0.3 is 4.52 Å². The van der Waals surface area contributed by atoms with Gasteiger partial charge in [0.25, 0.3) is 11.8 Å². The highest BCUT2D eigenvalue weighted by Gasteiger charge is 2.36. The lowest BCUT2D eigenvalue weighted by molar-refractivity contribution is 0.0499. The first-order valence-electron chi connectivity index (χ1n) is 6.35. The molecular weight excluding hydrogens is 281 g/mol. The third-order valence-electron chi connectivity index (χ3n) is 2.97. The lowest BCUT2D eigenvalue weighted by Gasteiger charge is -2.19. The maximum absolute atomic E-state index is 12.1. The van der Waals surface area contributed by atoms with Crippen LogP contribution in [0.5, 0.6) is 0 Å². The molecule has 1 unspecified atom stereocenters. The van der Waals surface area contributed by atoms with Gasteiger partial charge in [-0.2, -0.15) is 0 Å². The largest absolute Gasteiger partial charge is 0.332 e. The molecule has 1 heterocycles. The summed E-state index contributed by atoms with van der Waals surface area (Å²) in [6.07, 6.45) is 0.185. The number of fused-ring (bicyclic) bond motifs is 1. The molecule has 0 spiro atoms. The Morgan fingerprint density at radius 3 is 2.05 bits per heavy atom. The Morgan fingerprint density at radius 1 is 1.05 bits per heavy atom. The minimum absolute atomic E-state index is 0.185. The van der Waals surface area contributed by atoms with Crippen molar-refractivity contribution < 1.29 is 23.2 Å². The minimum Gasteiger partial charge on any atom is -0.309 e. The lowest BCUT2D eigenvalue weighted by atomic mass is 10.1. The van der Waals surface area contributed by atoms with Gasteiger partial charge in [-0.1, -0.05) is 19.1 Å². The summed E-state index contributed by atoms with van der Waals surface area (Å²) in [6.45, 7) is 3.25. The van der Waals surface area contributed by atoms with Crippen LogP contribution in [0.3, 0.4) is 0 Å². The maximum atomic E-state index is 12.1. The molecule has 1 atom stereocenters. The number of hydrogen-bond acceptors (Lipinski definition) is 5. The van der Waals surface area contributed by atoms with Gasteiger partial charge in [0.2, 0.25) is 0 Å². The van der Waals surface area contributed by atoms with E-state index in [1.165, 1.54) is 0 Å². The molecule has 0 bridgehead atoms. The number of benzene rings is 1. The molecule has 0 fully saturated rings. The molecule has 0 aromatic heterocycles. The second kappa shape index (κ2) is 5.87. The van der Waals surface area contributed by atoms with E-state index in [2.05, 4.69) is 0 Å². The number of carbonyl (C=O) groups is 2. The van der Waals surface area contributed by atoms with Crippen LogP contribution in [0.1, 0.15) is 34.6 Å². The summed E-state index contributed by atoms with van der Waals surface area (Å²) in [6, 6.07) is 6.53. The molecule has 0 saturated heterocycles. The molecule has 1 aromatic carbocycles. The Morgan fingerprint density at radius 2 is 1.60 bits per heavy atom. The number of carbonyl (C=O) groups excluding carboxylic acids is 2. The fraction of sp³-hybridized carbons (Fsp3) is 0.385. The molecule has 1 aliphatic heterocycles. The Balaban J connectivity index is 2.11. The second-order valence-electron chi connectivity index (χ2n) is 4.19. The van der Waals surface area contributed by atoms with Gasteiger partial charge >= 0.3 is 7.60 Å². The van der Waals surface area contributed by atoms with Crippen LogP contribution in [0.4, 0.5) is 0 Å². The molecule has 0 radical (unpaired) electrons. The van der Waals surface area contributed by atoms with Crippen LogP contribution >= 0.6 is 7.60 Å². The predicted molar refractivity (Wildman–Crippen MR) is 72.7 cm³/mol. The zero-order valence-electron chi connectivity index (χ0n) is 11.4. The van der Waals surface area contributed by atoms with Crippen molar-refractivity contribution in [2.45, 2.75) is 13.8 Å². The summed E-state index contributed by atoms with van der Waals surface area (Å²) in [5, 5.41) is 0. The fourth-order valence-corrected chi connectivity index (χ4v) is 3.04. The highest BCUT2D eigenvalue weighted by atomic mass is 31.2. The Kier molecular flexibility index (Phi) is 4.38. The maximum Gasteiger partial charge on any atom is 0.332 e. The monoisotopic (exact) mass is 297 g/mol. The molecule has 0 saturated carbocycles. The van der Waals surface area contributed by atoms with Crippen molar-refractivity contribution in [3.05, 3.63) is 35.4 Å². The van der Waals surface area contributed by atoms with Crippen molar-refractivity contribution in [1.82, 2.24) is 4.90 Å². The van der Waals surface area contributed by atoms with Crippen molar-refractivity contribution in [2.75, 3.05) is 19.5 Å². The second-order valence-corrected chi connectivity index (χ2v) is 6.56. The van der Waals surface area contributed by atoms with Gasteiger partial charge in [0, 0.05) is 6.16 Å². The van der Waals surface area contributed by atoms with Gasteiger partial charge in [0.1, 0.15) is 6.73 Å².